The maximum absolute atomic E-state index is 13.4. The molecule has 0 aliphatic heterocycles. The molecule has 1 heterocycles. The molecular weight excluding hydrogens is 232 g/mol. The summed E-state index contributed by atoms with van der Waals surface area (Å²) in [5, 5.41) is 0. The summed E-state index contributed by atoms with van der Waals surface area (Å²) in [7, 11) is 0. The lowest BCUT2D eigenvalue weighted by Crippen LogP contribution is -2.13. The number of primary amides is 1. The van der Waals surface area contributed by atoms with Gasteiger partial charge < -0.3 is 15.9 Å². The normalized spacial score (nSPS) is 10.5. The third kappa shape index (κ3) is 1.82. The second-order valence-electron chi connectivity index (χ2n) is 3.19. The van der Waals surface area contributed by atoms with Crippen LogP contribution in [0.3, 0.4) is 0 Å². The molecular formula is C10H7F2N3O2. The zero-order valence-corrected chi connectivity index (χ0v) is 8.41. The Kier molecular flexibility index (Phi) is 2.51. The summed E-state index contributed by atoms with van der Waals surface area (Å²) in [4.78, 5) is 14.4. The quantitative estimate of drug-likeness (QED) is 0.825. The Bertz CT molecular complexity index is 575. The molecule has 17 heavy (non-hydrogen) atoms. The maximum atomic E-state index is 13.4. The first-order chi connectivity index (χ1) is 8.00. The fourth-order valence-electron chi connectivity index (χ4n) is 1.32. The third-order valence-electron chi connectivity index (χ3n) is 2.06. The van der Waals surface area contributed by atoms with Gasteiger partial charge >= 0.3 is 0 Å². The van der Waals surface area contributed by atoms with Crippen molar-refractivity contribution in [3.05, 3.63) is 35.5 Å². The van der Waals surface area contributed by atoms with E-state index in [0.717, 1.165) is 12.1 Å². The lowest BCUT2D eigenvalue weighted by atomic mass is 10.2. The average molecular weight is 239 g/mol. The number of carbonyl (C=O) groups is 1. The number of amides is 1. The van der Waals surface area contributed by atoms with Gasteiger partial charge in [0, 0.05) is 0 Å². The molecule has 2 aromatic rings. The Labute approximate surface area is 94.0 Å². The van der Waals surface area contributed by atoms with E-state index in [1.807, 2.05) is 0 Å². The molecule has 0 saturated heterocycles. The van der Waals surface area contributed by atoms with Crippen LogP contribution in [0.1, 0.15) is 10.5 Å². The van der Waals surface area contributed by atoms with Crippen molar-refractivity contribution < 1.29 is 18.0 Å². The van der Waals surface area contributed by atoms with E-state index >= 15 is 0 Å². The molecule has 7 heteroatoms. The van der Waals surface area contributed by atoms with Gasteiger partial charge in [-0.1, -0.05) is 6.07 Å². The van der Waals surface area contributed by atoms with E-state index in [0.29, 0.717) is 0 Å². The number of nitrogens with two attached hydrogens (primary N) is 2. The van der Waals surface area contributed by atoms with Crippen LogP contribution in [0.5, 0.6) is 0 Å². The average Bonchev–Trinajstić information content (AvgIpc) is 2.60. The largest absolute Gasteiger partial charge is 0.420 e. The SMILES string of the molecule is NC(=O)c1nc(-c2c(F)cccc2F)oc1N. The molecule has 0 aliphatic carbocycles. The summed E-state index contributed by atoms with van der Waals surface area (Å²) in [6.07, 6.45) is 0. The van der Waals surface area contributed by atoms with Crippen molar-refractivity contribution in [2.24, 2.45) is 5.73 Å². The van der Waals surface area contributed by atoms with Crippen LogP contribution < -0.4 is 11.5 Å². The molecule has 0 atom stereocenters. The molecule has 2 rings (SSSR count). The first-order valence-corrected chi connectivity index (χ1v) is 4.51. The smallest absolute Gasteiger partial charge is 0.273 e. The number of nitrogen functional groups attached to an aromatic ring is 1. The van der Waals surface area contributed by atoms with E-state index < -0.39 is 29.0 Å². The summed E-state index contributed by atoms with van der Waals surface area (Å²) < 4.78 is 31.6. The zero-order valence-electron chi connectivity index (χ0n) is 8.41. The van der Waals surface area contributed by atoms with E-state index in [1.165, 1.54) is 6.07 Å². The summed E-state index contributed by atoms with van der Waals surface area (Å²) in [5.74, 6) is -3.49. The van der Waals surface area contributed by atoms with Gasteiger partial charge in [0.2, 0.25) is 11.8 Å². The minimum atomic E-state index is -0.936. The van der Waals surface area contributed by atoms with Crippen molar-refractivity contribution in [1.29, 1.82) is 0 Å². The third-order valence-corrected chi connectivity index (χ3v) is 2.06. The highest BCUT2D eigenvalue weighted by atomic mass is 19.1. The molecule has 0 fully saturated rings. The Morgan fingerprint density at radius 3 is 2.35 bits per heavy atom. The van der Waals surface area contributed by atoms with Crippen molar-refractivity contribution in [3.63, 3.8) is 0 Å². The van der Waals surface area contributed by atoms with Crippen LogP contribution in [-0.4, -0.2) is 10.9 Å². The molecule has 0 unspecified atom stereocenters. The number of carbonyl (C=O) groups excluding carboxylic acids is 1. The van der Waals surface area contributed by atoms with E-state index in [4.69, 9.17) is 15.9 Å². The zero-order chi connectivity index (χ0) is 12.6. The van der Waals surface area contributed by atoms with Gasteiger partial charge in [-0.25, -0.2) is 13.8 Å². The van der Waals surface area contributed by atoms with Crippen LogP contribution in [0, 0.1) is 11.6 Å². The molecule has 5 nitrogen and oxygen atoms in total. The van der Waals surface area contributed by atoms with Crippen molar-refractivity contribution >= 4 is 11.8 Å². The minimum absolute atomic E-state index is 0.359. The van der Waals surface area contributed by atoms with Crippen molar-refractivity contribution in [2.45, 2.75) is 0 Å². The molecule has 0 radical (unpaired) electrons. The van der Waals surface area contributed by atoms with Crippen LogP contribution in [0.2, 0.25) is 0 Å². The van der Waals surface area contributed by atoms with Gasteiger partial charge in [-0.2, -0.15) is 0 Å². The molecule has 0 saturated carbocycles. The molecule has 0 bridgehead atoms. The monoisotopic (exact) mass is 239 g/mol. The standard InChI is InChI=1S/C10H7F2N3O2/c11-4-2-1-3-5(12)6(4)10-15-7(8(13)16)9(14)17-10/h1-3H,14H2,(H2,13,16). The first kappa shape index (κ1) is 11.1. The van der Waals surface area contributed by atoms with Gasteiger partial charge in [-0.05, 0) is 12.1 Å². The number of hydrogen-bond acceptors (Lipinski definition) is 4. The van der Waals surface area contributed by atoms with E-state index in [9.17, 15) is 13.6 Å². The van der Waals surface area contributed by atoms with Crippen LogP contribution >= 0.6 is 0 Å². The topological polar surface area (TPSA) is 95.1 Å². The Balaban J connectivity index is 2.62. The number of nitrogens with zero attached hydrogens (tertiary/aromatic N) is 1. The minimum Gasteiger partial charge on any atom is -0.420 e. The van der Waals surface area contributed by atoms with Crippen molar-refractivity contribution in [3.8, 4) is 11.5 Å². The number of benzene rings is 1. The van der Waals surface area contributed by atoms with E-state index in [-0.39, 0.29) is 11.6 Å². The molecule has 1 aromatic carbocycles. The number of halogens is 2. The van der Waals surface area contributed by atoms with Crippen molar-refractivity contribution in [1.82, 2.24) is 4.98 Å². The highest BCUT2D eigenvalue weighted by molar-refractivity contribution is 5.95. The van der Waals surface area contributed by atoms with Gasteiger partial charge in [-0.15, -0.1) is 0 Å². The van der Waals surface area contributed by atoms with Gasteiger partial charge in [0.15, 0.2) is 5.69 Å². The number of aromatic nitrogens is 1. The van der Waals surface area contributed by atoms with Gasteiger partial charge in [-0.3, -0.25) is 4.79 Å². The Morgan fingerprint density at radius 2 is 1.88 bits per heavy atom. The maximum Gasteiger partial charge on any atom is 0.273 e. The number of anilines is 1. The predicted octanol–water partition coefficient (Wildman–Crippen LogP) is 1.30. The van der Waals surface area contributed by atoms with Crippen LogP contribution in [-0.2, 0) is 0 Å². The Morgan fingerprint density at radius 1 is 1.29 bits per heavy atom. The van der Waals surface area contributed by atoms with Crippen LogP contribution in [0.15, 0.2) is 22.6 Å². The second kappa shape index (κ2) is 3.85. The van der Waals surface area contributed by atoms with Crippen LogP contribution in [0.25, 0.3) is 11.5 Å². The van der Waals surface area contributed by atoms with Crippen LogP contribution in [0.4, 0.5) is 14.7 Å². The predicted molar refractivity (Wildman–Crippen MR) is 54.8 cm³/mol. The van der Waals surface area contributed by atoms with Crippen molar-refractivity contribution in [2.75, 3.05) is 5.73 Å². The fraction of sp³-hybridized carbons (Fsp3) is 0. The highest BCUT2D eigenvalue weighted by Gasteiger charge is 2.21. The summed E-state index contributed by atoms with van der Waals surface area (Å²) in [5.41, 5.74) is 9.41. The number of hydrogen-bond donors (Lipinski definition) is 2. The molecule has 88 valence electrons. The highest BCUT2D eigenvalue weighted by Crippen LogP contribution is 2.28. The van der Waals surface area contributed by atoms with Gasteiger partial charge in [0.1, 0.15) is 17.2 Å². The van der Waals surface area contributed by atoms with E-state index in [2.05, 4.69) is 4.98 Å². The number of rotatable bonds is 2. The molecule has 0 aliphatic rings. The van der Waals surface area contributed by atoms with Gasteiger partial charge in [0.05, 0.1) is 0 Å². The molecule has 4 N–H and O–H groups in total. The van der Waals surface area contributed by atoms with E-state index in [1.54, 1.807) is 0 Å². The number of oxazole rings is 1. The van der Waals surface area contributed by atoms with Gasteiger partial charge in [0.25, 0.3) is 5.91 Å². The lowest BCUT2D eigenvalue weighted by molar-refractivity contribution is 0.0996. The molecule has 1 amide bonds. The molecule has 0 spiro atoms. The summed E-state index contributed by atoms with van der Waals surface area (Å²) in [6, 6.07) is 3.25. The fourth-order valence-corrected chi connectivity index (χ4v) is 1.32. The first-order valence-electron chi connectivity index (χ1n) is 4.51. The lowest BCUT2D eigenvalue weighted by Gasteiger charge is -1.98. The summed E-state index contributed by atoms with van der Waals surface area (Å²) in [6.45, 7) is 0. The summed E-state index contributed by atoms with van der Waals surface area (Å²) >= 11 is 0. The second-order valence-corrected chi connectivity index (χ2v) is 3.19. The molecule has 1 aromatic heterocycles. The Hall–Kier alpha value is -2.44.